The number of nitrogens with zero attached hydrogens (tertiary/aromatic N) is 4. The van der Waals surface area contributed by atoms with Crippen molar-refractivity contribution in [3.63, 3.8) is 0 Å². The fourth-order valence-electron chi connectivity index (χ4n) is 3.64. The highest BCUT2D eigenvalue weighted by Gasteiger charge is 2.24. The van der Waals surface area contributed by atoms with E-state index >= 15 is 0 Å². The largest absolute Gasteiger partial charge is 0.384 e. The lowest BCUT2D eigenvalue weighted by Crippen LogP contribution is -2.40. The van der Waals surface area contributed by atoms with Crippen molar-refractivity contribution in [2.75, 3.05) is 30.7 Å². The minimum absolute atomic E-state index is 0.0851. The smallest absolute Gasteiger partial charge is 0.239 e. The van der Waals surface area contributed by atoms with Crippen molar-refractivity contribution in [1.29, 1.82) is 0 Å². The summed E-state index contributed by atoms with van der Waals surface area (Å²) in [6, 6.07) is 9.56. The van der Waals surface area contributed by atoms with E-state index in [0.29, 0.717) is 29.9 Å². The Hall–Kier alpha value is -3.26. The van der Waals surface area contributed by atoms with E-state index in [0.717, 1.165) is 42.8 Å². The molecule has 3 N–H and O–H groups in total. The highest BCUT2D eigenvalue weighted by atomic mass is 16.5. The molecule has 0 aromatic carbocycles. The zero-order valence-electron chi connectivity index (χ0n) is 16.3. The SMILES string of the molecule is Cc1cc(NC(=O)CN2CCC[C@@H](c3ccc(-c4ccc(N)nc4)cn3)C2)no1. The predicted molar refractivity (Wildman–Crippen MR) is 110 cm³/mol. The van der Waals surface area contributed by atoms with Gasteiger partial charge in [-0.15, -0.1) is 0 Å². The standard InChI is InChI=1S/C21H24N6O2/c1-14-9-20(26-29-14)25-21(28)13-27-8-2-3-17(12-27)18-6-4-15(10-23-18)16-5-7-19(22)24-11-16/h4-7,9-11,17H,2-3,8,12-13H2,1H3,(H2,22,24)(H,25,26,28)/t17-/m1/s1. The third-order valence-electron chi connectivity index (χ3n) is 5.09. The number of nitrogen functional groups attached to an aromatic ring is 1. The maximum atomic E-state index is 12.3. The van der Waals surface area contributed by atoms with Crippen molar-refractivity contribution in [2.24, 2.45) is 0 Å². The second kappa shape index (κ2) is 8.40. The number of pyridine rings is 2. The molecule has 8 heteroatoms. The Labute approximate surface area is 169 Å². The zero-order chi connectivity index (χ0) is 20.2. The first-order valence-corrected chi connectivity index (χ1v) is 9.70. The molecule has 3 aromatic rings. The normalized spacial score (nSPS) is 17.2. The molecule has 1 aliphatic heterocycles. The monoisotopic (exact) mass is 392 g/mol. The minimum Gasteiger partial charge on any atom is -0.384 e. The lowest BCUT2D eigenvalue weighted by molar-refractivity contribution is -0.117. The molecule has 3 aromatic heterocycles. The molecule has 150 valence electrons. The van der Waals surface area contributed by atoms with Gasteiger partial charge in [0.15, 0.2) is 5.82 Å². The Morgan fingerprint density at radius 2 is 2.03 bits per heavy atom. The number of piperidine rings is 1. The van der Waals surface area contributed by atoms with Crippen LogP contribution in [0.3, 0.4) is 0 Å². The molecule has 4 heterocycles. The van der Waals surface area contributed by atoms with E-state index in [9.17, 15) is 4.79 Å². The average molecular weight is 392 g/mol. The van der Waals surface area contributed by atoms with Crippen LogP contribution in [0.1, 0.15) is 30.2 Å². The van der Waals surface area contributed by atoms with Crippen molar-refractivity contribution in [3.05, 3.63) is 54.2 Å². The second-order valence-corrected chi connectivity index (χ2v) is 7.39. The van der Waals surface area contributed by atoms with Crippen molar-refractivity contribution in [2.45, 2.75) is 25.7 Å². The minimum atomic E-state index is -0.0851. The van der Waals surface area contributed by atoms with Crippen molar-refractivity contribution in [1.82, 2.24) is 20.0 Å². The summed E-state index contributed by atoms with van der Waals surface area (Å²) in [5.74, 6) is 1.85. The summed E-state index contributed by atoms with van der Waals surface area (Å²) in [7, 11) is 0. The van der Waals surface area contributed by atoms with Crippen LogP contribution < -0.4 is 11.1 Å². The molecule has 29 heavy (non-hydrogen) atoms. The van der Waals surface area contributed by atoms with Gasteiger partial charge >= 0.3 is 0 Å². The van der Waals surface area contributed by atoms with E-state index in [4.69, 9.17) is 10.3 Å². The van der Waals surface area contributed by atoms with Crippen LogP contribution in [0, 0.1) is 6.92 Å². The van der Waals surface area contributed by atoms with Crippen LogP contribution in [-0.2, 0) is 4.79 Å². The van der Waals surface area contributed by atoms with Crippen molar-refractivity contribution >= 4 is 17.5 Å². The molecule has 1 atom stereocenters. The van der Waals surface area contributed by atoms with Gasteiger partial charge in [-0.2, -0.15) is 0 Å². The number of carbonyl (C=O) groups excluding carboxylic acids is 1. The number of hydrogen-bond acceptors (Lipinski definition) is 7. The molecule has 1 amide bonds. The quantitative estimate of drug-likeness (QED) is 0.687. The summed E-state index contributed by atoms with van der Waals surface area (Å²) in [5, 5.41) is 6.58. The molecule has 0 radical (unpaired) electrons. The molecule has 0 spiro atoms. The molecule has 0 bridgehead atoms. The summed E-state index contributed by atoms with van der Waals surface area (Å²) < 4.78 is 4.98. The van der Waals surface area contributed by atoms with Crippen LogP contribution in [-0.4, -0.2) is 45.6 Å². The Kier molecular flexibility index (Phi) is 5.53. The highest BCUT2D eigenvalue weighted by molar-refractivity contribution is 5.91. The first kappa shape index (κ1) is 19.1. The number of carbonyl (C=O) groups is 1. The molecular formula is C21H24N6O2. The summed E-state index contributed by atoms with van der Waals surface area (Å²) in [6.07, 6.45) is 5.73. The van der Waals surface area contributed by atoms with Crippen LogP contribution >= 0.6 is 0 Å². The van der Waals surface area contributed by atoms with Gasteiger partial charge < -0.3 is 15.6 Å². The number of hydrogen-bond donors (Lipinski definition) is 2. The molecule has 1 fully saturated rings. The third-order valence-corrected chi connectivity index (χ3v) is 5.09. The predicted octanol–water partition coefficient (Wildman–Crippen LogP) is 2.84. The van der Waals surface area contributed by atoms with E-state index < -0.39 is 0 Å². The number of aromatic nitrogens is 3. The van der Waals surface area contributed by atoms with Gasteiger partial charge in [0, 0.05) is 47.7 Å². The number of nitrogens with two attached hydrogens (primary N) is 1. The number of rotatable bonds is 5. The molecule has 4 rings (SSSR count). The van der Waals surface area contributed by atoms with Gasteiger partial charge in [0.1, 0.15) is 11.6 Å². The first-order chi connectivity index (χ1) is 14.1. The van der Waals surface area contributed by atoms with Crippen LogP contribution in [0.25, 0.3) is 11.1 Å². The topological polar surface area (TPSA) is 110 Å². The lowest BCUT2D eigenvalue weighted by Gasteiger charge is -2.31. The van der Waals surface area contributed by atoms with Gasteiger partial charge in [0.25, 0.3) is 0 Å². The Bertz CT molecular complexity index is 968. The average Bonchev–Trinajstić information content (AvgIpc) is 3.13. The number of likely N-dealkylation sites (tertiary alicyclic amines) is 1. The fraction of sp³-hybridized carbons (Fsp3) is 0.333. The number of aryl methyl sites for hydroxylation is 1. The Morgan fingerprint density at radius 3 is 2.69 bits per heavy atom. The lowest BCUT2D eigenvalue weighted by atomic mass is 9.93. The van der Waals surface area contributed by atoms with Crippen LogP contribution in [0.5, 0.6) is 0 Å². The second-order valence-electron chi connectivity index (χ2n) is 7.39. The van der Waals surface area contributed by atoms with Crippen molar-refractivity contribution in [3.8, 4) is 11.1 Å². The number of anilines is 2. The Morgan fingerprint density at radius 1 is 1.24 bits per heavy atom. The van der Waals surface area contributed by atoms with Gasteiger partial charge in [-0.1, -0.05) is 11.2 Å². The number of nitrogens with one attached hydrogen (secondary N) is 1. The molecule has 0 saturated carbocycles. The molecular weight excluding hydrogens is 368 g/mol. The van der Waals surface area contributed by atoms with Gasteiger partial charge in [-0.25, -0.2) is 4.98 Å². The molecule has 8 nitrogen and oxygen atoms in total. The molecule has 0 aliphatic carbocycles. The first-order valence-electron chi connectivity index (χ1n) is 9.70. The highest BCUT2D eigenvalue weighted by Crippen LogP contribution is 2.27. The summed E-state index contributed by atoms with van der Waals surface area (Å²) in [4.78, 5) is 23.3. The fourth-order valence-corrected chi connectivity index (χ4v) is 3.64. The molecule has 0 unspecified atom stereocenters. The zero-order valence-corrected chi connectivity index (χ0v) is 16.3. The van der Waals surface area contributed by atoms with E-state index in [1.54, 1.807) is 25.3 Å². The summed E-state index contributed by atoms with van der Waals surface area (Å²) in [5.41, 5.74) is 8.70. The maximum absolute atomic E-state index is 12.3. The van der Waals surface area contributed by atoms with Gasteiger partial charge in [0.05, 0.1) is 6.54 Å². The Balaban J connectivity index is 1.36. The van der Waals surface area contributed by atoms with E-state index in [-0.39, 0.29) is 5.91 Å². The van der Waals surface area contributed by atoms with Crippen LogP contribution in [0.4, 0.5) is 11.6 Å². The molecule has 1 aliphatic rings. The third kappa shape index (κ3) is 4.78. The van der Waals surface area contributed by atoms with Gasteiger partial charge in [-0.05, 0) is 44.5 Å². The van der Waals surface area contributed by atoms with Gasteiger partial charge in [0.2, 0.25) is 5.91 Å². The van der Waals surface area contributed by atoms with E-state index in [1.807, 2.05) is 12.3 Å². The molecule has 1 saturated heterocycles. The maximum Gasteiger partial charge on any atom is 0.239 e. The van der Waals surface area contributed by atoms with Crippen LogP contribution in [0.2, 0.25) is 0 Å². The summed E-state index contributed by atoms with van der Waals surface area (Å²) in [6.45, 7) is 3.83. The van der Waals surface area contributed by atoms with Gasteiger partial charge in [-0.3, -0.25) is 14.7 Å². The number of amides is 1. The van der Waals surface area contributed by atoms with E-state index in [1.165, 1.54) is 0 Å². The van der Waals surface area contributed by atoms with E-state index in [2.05, 4.69) is 37.5 Å². The van der Waals surface area contributed by atoms with Crippen LogP contribution in [0.15, 0.2) is 47.2 Å². The summed E-state index contributed by atoms with van der Waals surface area (Å²) >= 11 is 0. The van der Waals surface area contributed by atoms with Crippen molar-refractivity contribution < 1.29 is 9.32 Å².